The molecule has 2 rings (SSSR count). The topological polar surface area (TPSA) is 80.9 Å². The second-order valence-electron chi connectivity index (χ2n) is 6.67. The highest BCUT2D eigenvalue weighted by Crippen LogP contribution is 2.36. The quantitative estimate of drug-likeness (QED) is 0.281. The van der Waals surface area contributed by atoms with Gasteiger partial charge in [0, 0.05) is 17.4 Å². The van der Waals surface area contributed by atoms with Crippen molar-refractivity contribution in [3.63, 3.8) is 0 Å². The van der Waals surface area contributed by atoms with Crippen molar-refractivity contribution < 1.29 is 19.0 Å². The number of carbonyl (C=O) groups excluding carboxylic acids is 1. The van der Waals surface area contributed by atoms with E-state index >= 15 is 0 Å². The van der Waals surface area contributed by atoms with Gasteiger partial charge in [0.1, 0.15) is 11.5 Å². The van der Waals surface area contributed by atoms with Gasteiger partial charge < -0.3 is 24.8 Å². The van der Waals surface area contributed by atoms with E-state index in [0.29, 0.717) is 39.6 Å². The summed E-state index contributed by atoms with van der Waals surface area (Å²) in [5.41, 5.74) is 1.98. The number of nitrogens with one attached hydrogen (secondary N) is 3. The van der Waals surface area contributed by atoms with Crippen molar-refractivity contribution in [2.75, 3.05) is 36.8 Å². The smallest absolute Gasteiger partial charge is 0.411 e. The molecular formula is C22H28ClN3O4S. The number of ether oxygens (including phenoxy) is 3. The Morgan fingerprint density at radius 3 is 2.19 bits per heavy atom. The highest BCUT2D eigenvalue weighted by molar-refractivity contribution is 7.80. The monoisotopic (exact) mass is 465 g/mol. The Kier molecular flexibility index (Phi) is 10.2. The SMILES string of the molecule is CCCCCCOC(=O)Nc1ccc(NC(=S)Nc2cc(Cl)c(OC)cc2OC)cc1. The first-order valence-corrected chi connectivity index (χ1v) is 10.8. The molecule has 3 N–H and O–H groups in total. The van der Waals surface area contributed by atoms with E-state index in [-0.39, 0.29) is 0 Å². The Bertz CT molecular complexity index is 878. The summed E-state index contributed by atoms with van der Waals surface area (Å²) in [5.74, 6) is 1.05. The fourth-order valence-electron chi connectivity index (χ4n) is 2.73. The maximum atomic E-state index is 11.8. The number of anilines is 3. The van der Waals surface area contributed by atoms with Crippen LogP contribution in [0.25, 0.3) is 0 Å². The first-order valence-electron chi connectivity index (χ1n) is 10.00. The predicted octanol–water partition coefficient (Wildman–Crippen LogP) is 6.29. The molecule has 0 aromatic heterocycles. The fraction of sp³-hybridized carbons (Fsp3) is 0.364. The number of methoxy groups -OCH3 is 2. The van der Waals surface area contributed by atoms with Crippen LogP contribution in [0.3, 0.4) is 0 Å². The number of halogens is 1. The van der Waals surface area contributed by atoms with E-state index in [1.54, 1.807) is 43.5 Å². The lowest BCUT2D eigenvalue weighted by molar-refractivity contribution is 0.159. The standard InChI is InChI=1S/C22H28ClN3O4S/c1-4-5-6-7-12-30-22(27)25-16-10-8-15(9-11-16)24-21(31)26-18-13-17(23)19(28-2)14-20(18)29-3/h8-11,13-14H,4-7,12H2,1-3H3,(H,25,27)(H2,24,26,31). The van der Waals surface area contributed by atoms with E-state index in [1.165, 1.54) is 7.11 Å². The lowest BCUT2D eigenvalue weighted by atomic mass is 10.2. The number of amides is 1. The summed E-state index contributed by atoms with van der Waals surface area (Å²) >= 11 is 11.6. The van der Waals surface area contributed by atoms with Gasteiger partial charge in [0.15, 0.2) is 5.11 Å². The third kappa shape index (κ3) is 8.15. The van der Waals surface area contributed by atoms with E-state index in [4.69, 9.17) is 38.0 Å². The Morgan fingerprint density at radius 2 is 1.58 bits per heavy atom. The van der Waals surface area contributed by atoms with E-state index < -0.39 is 6.09 Å². The summed E-state index contributed by atoms with van der Waals surface area (Å²) in [4.78, 5) is 11.8. The van der Waals surface area contributed by atoms with Crippen molar-refractivity contribution in [1.82, 2.24) is 0 Å². The van der Waals surface area contributed by atoms with E-state index in [2.05, 4.69) is 22.9 Å². The third-order valence-electron chi connectivity index (χ3n) is 4.34. The van der Waals surface area contributed by atoms with Crippen molar-refractivity contribution in [2.24, 2.45) is 0 Å². The molecule has 0 aliphatic rings. The largest absolute Gasteiger partial charge is 0.495 e. The fourth-order valence-corrected chi connectivity index (χ4v) is 3.20. The zero-order valence-electron chi connectivity index (χ0n) is 17.9. The summed E-state index contributed by atoms with van der Waals surface area (Å²) < 4.78 is 15.7. The molecule has 9 heteroatoms. The van der Waals surface area contributed by atoms with Crippen LogP contribution in [0.15, 0.2) is 36.4 Å². The van der Waals surface area contributed by atoms with Crippen LogP contribution < -0.4 is 25.4 Å². The zero-order valence-corrected chi connectivity index (χ0v) is 19.5. The van der Waals surface area contributed by atoms with Gasteiger partial charge in [0.2, 0.25) is 0 Å². The maximum Gasteiger partial charge on any atom is 0.411 e. The molecule has 0 heterocycles. The summed E-state index contributed by atoms with van der Waals surface area (Å²) in [6.45, 7) is 2.56. The Balaban J connectivity index is 1.86. The van der Waals surface area contributed by atoms with Crippen molar-refractivity contribution in [3.05, 3.63) is 41.4 Å². The Labute approximate surface area is 193 Å². The van der Waals surface area contributed by atoms with Crippen LogP contribution in [0, 0.1) is 0 Å². The normalized spacial score (nSPS) is 10.2. The molecule has 0 radical (unpaired) electrons. The molecule has 0 saturated heterocycles. The molecule has 1 amide bonds. The van der Waals surface area contributed by atoms with Crippen LogP contribution in [-0.4, -0.2) is 32.0 Å². The number of hydrogen-bond donors (Lipinski definition) is 3. The van der Waals surface area contributed by atoms with Gasteiger partial charge in [-0.25, -0.2) is 4.79 Å². The summed E-state index contributed by atoms with van der Waals surface area (Å²) in [6, 6.07) is 10.5. The number of benzene rings is 2. The van der Waals surface area contributed by atoms with Crippen LogP contribution in [0.5, 0.6) is 11.5 Å². The van der Waals surface area contributed by atoms with Gasteiger partial charge in [0.05, 0.1) is 31.5 Å². The molecular weight excluding hydrogens is 438 g/mol. The number of unbranched alkanes of at least 4 members (excludes halogenated alkanes) is 3. The summed E-state index contributed by atoms with van der Waals surface area (Å²) in [7, 11) is 3.08. The van der Waals surface area contributed by atoms with Gasteiger partial charge in [-0.1, -0.05) is 37.8 Å². The van der Waals surface area contributed by atoms with Crippen LogP contribution >= 0.6 is 23.8 Å². The molecule has 2 aromatic carbocycles. The van der Waals surface area contributed by atoms with Crippen molar-refractivity contribution in [1.29, 1.82) is 0 Å². The van der Waals surface area contributed by atoms with Crippen LogP contribution in [0.2, 0.25) is 5.02 Å². The second kappa shape index (κ2) is 12.9. The Morgan fingerprint density at radius 1 is 0.935 bits per heavy atom. The second-order valence-corrected chi connectivity index (χ2v) is 7.48. The zero-order chi connectivity index (χ0) is 22.6. The molecule has 168 valence electrons. The molecule has 0 aliphatic carbocycles. The molecule has 0 spiro atoms. The van der Waals surface area contributed by atoms with E-state index in [9.17, 15) is 4.79 Å². The van der Waals surface area contributed by atoms with Crippen LogP contribution in [0.4, 0.5) is 21.9 Å². The van der Waals surface area contributed by atoms with Crippen molar-refractivity contribution in [3.8, 4) is 11.5 Å². The minimum absolute atomic E-state index is 0.353. The highest BCUT2D eigenvalue weighted by Gasteiger charge is 2.11. The summed E-state index contributed by atoms with van der Waals surface area (Å²) in [6.07, 6.45) is 3.77. The average Bonchev–Trinajstić information content (AvgIpc) is 2.75. The van der Waals surface area contributed by atoms with Gasteiger partial charge in [-0.05, 0) is 49.0 Å². The molecule has 31 heavy (non-hydrogen) atoms. The average molecular weight is 466 g/mol. The molecule has 0 unspecified atom stereocenters. The number of hydrogen-bond acceptors (Lipinski definition) is 5. The molecule has 7 nitrogen and oxygen atoms in total. The van der Waals surface area contributed by atoms with Gasteiger partial charge >= 0.3 is 6.09 Å². The van der Waals surface area contributed by atoms with Crippen LogP contribution in [-0.2, 0) is 4.74 Å². The van der Waals surface area contributed by atoms with Gasteiger partial charge in [0.25, 0.3) is 0 Å². The molecule has 0 aliphatic heterocycles. The minimum atomic E-state index is -0.460. The van der Waals surface area contributed by atoms with E-state index in [0.717, 1.165) is 31.4 Å². The first kappa shape index (κ1) is 24.6. The van der Waals surface area contributed by atoms with Gasteiger partial charge in [-0.3, -0.25) is 5.32 Å². The lowest BCUT2D eigenvalue weighted by Gasteiger charge is -2.15. The summed E-state index contributed by atoms with van der Waals surface area (Å²) in [5, 5.41) is 9.61. The van der Waals surface area contributed by atoms with E-state index in [1.807, 2.05) is 0 Å². The lowest BCUT2D eigenvalue weighted by Crippen LogP contribution is -2.19. The van der Waals surface area contributed by atoms with Crippen molar-refractivity contribution in [2.45, 2.75) is 32.6 Å². The molecule has 0 bridgehead atoms. The molecule has 0 atom stereocenters. The first-order chi connectivity index (χ1) is 15.0. The number of rotatable bonds is 10. The molecule has 0 fully saturated rings. The van der Waals surface area contributed by atoms with Gasteiger partial charge in [-0.2, -0.15) is 0 Å². The van der Waals surface area contributed by atoms with Crippen LogP contribution in [0.1, 0.15) is 32.6 Å². The van der Waals surface area contributed by atoms with Crippen molar-refractivity contribution >= 4 is 52.1 Å². The molecule has 2 aromatic rings. The highest BCUT2D eigenvalue weighted by atomic mass is 35.5. The Hall–Kier alpha value is -2.71. The van der Waals surface area contributed by atoms with Gasteiger partial charge in [-0.15, -0.1) is 0 Å². The third-order valence-corrected chi connectivity index (χ3v) is 4.84. The molecule has 0 saturated carbocycles. The number of carbonyl (C=O) groups is 1. The predicted molar refractivity (Wildman–Crippen MR) is 130 cm³/mol. The maximum absolute atomic E-state index is 11.8. The number of thiocarbonyl (C=S) groups is 1. The minimum Gasteiger partial charge on any atom is -0.495 e.